The number of benzene rings is 1. The lowest BCUT2D eigenvalue weighted by atomic mass is 10.1. The number of carbonyl (C=O) groups is 1. The summed E-state index contributed by atoms with van der Waals surface area (Å²) in [7, 11) is 0. The van der Waals surface area contributed by atoms with Crippen molar-refractivity contribution < 1.29 is 4.79 Å². The highest BCUT2D eigenvalue weighted by Crippen LogP contribution is 2.30. The second-order valence-corrected chi connectivity index (χ2v) is 3.74. The van der Waals surface area contributed by atoms with Gasteiger partial charge in [0.2, 0.25) is 0 Å². The number of rotatable bonds is 1. The monoisotopic (exact) mass is 202 g/mol. The number of anilines is 1. The first-order chi connectivity index (χ1) is 6.77. The molecule has 1 aromatic heterocycles. The topological polar surface area (TPSA) is 66.9 Å². The lowest BCUT2D eigenvalue weighted by molar-refractivity contribution is 0.112. The second-order valence-electron chi connectivity index (χ2n) is 2.82. The van der Waals surface area contributed by atoms with Crippen LogP contribution in [0.15, 0.2) is 17.5 Å². The van der Waals surface area contributed by atoms with E-state index in [1.807, 2.05) is 17.5 Å². The fourth-order valence-electron chi connectivity index (χ4n) is 1.36. The lowest BCUT2D eigenvalue weighted by Crippen LogP contribution is -1.96. The molecular formula is C10H6N2OS. The predicted molar refractivity (Wildman–Crippen MR) is 56.3 cm³/mol. The molecule has 0 radical (unpaired) electrons. The highest BCUT2D eigenvalue weighted by molar-refractivity contribution is 7.17. The molecule has 0 saturated carbocycles. The number of hydrogen-bond donors (Lipinski definition) is 1. The number of nitrogen functional groups attached to an aromatic ring is 1. The van der Waals surface area contributed by atoms with Crippen molar-refractivity contribution in [2.75, 3.05) is 5.73 Å². The molecule has 68 valence electrons. The van der Waals surface area contributed by atoms with Crippen molar-refractivity contribution in [1.82, 2.24) is 0 Å². The van der Waals surface area contributed by atoms with Crippen LogP contribution in [0.3, 0.4) is 0 Å². The first kappa shape index (κ1) is 8.73. The first-order valence-electron chi connectivity index (χ1n) is 3.93. The Labute approximate surface area is 84.4 Å². The summed E-state index contributed by atoms with van der Waals surface area (Å²) in [4.78, 5) is 10.8. The van der Waals surface area contributed by atoms with Gasteiger partial charge in [0.15, 0.2) is 6.29 Å². The van der Waals surface area contributed by atoms with Gasteiger partial charge in [0.25, 0.3) is 0 Å². The van der Waals surface area contributed by atoms with Gasteiger partial charge in [-0.2, -0.15) is 5.26 Å². The summed E-state index contributed by atoms with van der Waals surface area (Å²) in [5.41, 5.74) is 6.74. The molecule has 14 heavy (non-hydrogen) atoms. The van der Waals surface area contributed by atoms with Crippen molar-refractivity contribution in [3.05, 3.63) is 28.6 Å². The fourth-order valence-corrected chi connectivity index (χ4v) is 2.26. The van der Waals surface area contributed by atoms with Gasteiger partial charge in [-0.25, -0.2) is 0 Å². The maximum atomic E-state index is 10.8. The second kappa shape index (κ2) is 3.13. The normalized spacial score (nSPS) is 9.93. The molecule has 0 fully saturated rings. The molecule has 1 aromatic carbocycles. The molecule has 4 heteroatoms. The summed E-state index contributed by atoms with van der Waals surface area (Å²) in [6.07, 6.45) is 0.703. The van der Waals surface area contributed by atoms with Crippen molar-refractivity contribution in [3.8, 4) is 6.07 Å². The van der Waals surface area contributed by atoms with Crippen LogP contribution in [0.2, 0.25) is 0 Å². The zero-order chi connectivity index (χ0) is 10.1. The van der Waals surface area contributed by atoms with Crippen LogP contribution < -0.4 is 5.73 Å². The molecule has 0 aliphatic carbocycles. The van der Waals surface area contributed by atoms with Gasteiger partial charge in [-0.15, -0.1) is 11.3 Å². The average Bonchev–Trinajstić information content (AvgIpc) is 2.64. The average molecular weight is 202 g/mol. The van der Waals surface area contributed by atoms with Crippen molar-refractivity contribution >= 4 is 33.4 Å². The smallest absolute Gasteiger partial charge is 0.153 e. The molecule has 0 saturated heterocycles. The lowest BCUT2D eigenvalue weighted by Gasteiger charge is -2.02. The highest BCUT2D eigenvalue weighted by atomic mass is 32.1. The van der Waals surface area contributed by atoms with E-state index in [1.54, 1.807) is 6.07 Å². The van der Waals surface area contributed by atoms with Gasteiger partial charge in [-0.05, 0) is 22.9 Å². The van der Waals surface area contributed by atoms with Gasteiger partial charge in [0, 0.05) is 4.70 Å². The SMILES string of the molecule is N#Cc1cc2ccsc2c(C=O)c1N. The summed E-state index contributed by atoms with van der Waals surface area (Å²) in [5, 5.41) is 11.6. The molecule has 2 aromatic rings. The third kappa shape index (κ3) is 1.07. The van der Waals surface area contributed by atoms with Crippen LogP contribution in [0.25, 0.3) is 10.1 Å². The Kier molecular flexibility index (Phi) is 1.95. The van der Waals surface area contributed by atoms with Gasteiger partial charge in [0.05, 0.1) is 16.8 Å². The van der Waals surface area contributed by atoms with E-state index in [9.17, 15) is 4.79 Å². The molecule has 2 rings (SSSR count). The highest BCUT2D eigenvalue weighted by Gasteiger charge is 2.10. The summed E-state index contributed by atoms with van der Waals surface area (Å²) in [6, 6.07) is 5.54. The number of nitrogens with two attached hydrogens (primary N) is 1. The molecule has 0 aliphatic heterocycles. The number of nitrogens with zero attached hydrogens (tertiary/aromatic N) is 1. The van der Waals surface area contributed by atoms with Gasteiger partial charge in [-0.3, -0.25) is 4.79 Å². The zero-order valence-corrected chi connectivity index (χ0v) is 7.97. The molecular weight excluding hydrogens is 196 g/mol. The molecule has 0 unspecified atom stereocenters. The number of fused-ring (bicyclic) bond motifs is 1. The summed E-state index contributed by atoms with van der Waals surface area (Å²) < 4.78 is 0.844. The van der Waals surface area contributed by atoms with Crippen LogP contribution in [0, 0.1) is 11.3 Å². The molecule has 0 aliphatic rings. The minimum atomic E-state index is 0.275. The van der Waals surface area contributed by atoms with E-state index in [0.29, 0.717) is 17.4 Å². The minimum absolute atomic E-state index is 0.275. The number of hydrogen-bond acceptors (Lipinski definition) is 4. The van der Waals surface area contributed by atoms with Gasteiger partial charge in [0.1, 0.15) is 6.07 Å². The molecule has 3 nitrogen and oxygen atoms in total. The van der Waals surface area contributed by atoms with E-state index in [0.717, 1.165) is 10.1 Å². The molecule has 2 N–H and O–H groups in total. The van der Waals surface area contributed by atoms with E-state index in [2.05, 4.69) is 0 Å². The molecule has 0 atom stereocenters. The Morgan fingerprint density at radius 1 is 1.57 bits per heavy atom. The van der Waals surface area contributed by atoms with Crippen molar-refractivity contribution in [2.24, 2.45) is 0 Å². The third-order valence-corrected chi connectivity index (χ3v) is 3.02. The molecule has 0 spiro atoms. The maximum absolute atomic E-state index is 10.8. The Morgan fingerprint density at radius 3 is 3.00 bits per heavy atom. The largest absolute Gasteiger partial charge is 0.397 e. The summed E-state index contributed by atoms with van der Waals surface area (Å²) in [5.74, 6) is 0. The Hall–Kier alpha value is -1.86. The van der Waals surface area contributed by atoms with Gasteiger partial charge >= 0.3 is 0 Å². The molecule has 1 heterocycles. The number of carbonyl (C=O) groups excluding carboxylic acids is 1. The van der Waals surface area contributed by atoms with Crippen molar-refractivity contribution in [2.45, 2.75) is 0 Å². The van der Waals surface area contributed by atoms with Crippen LogP contribution in [0.5, 0.6) is 0 Å². The van der Waals surface area contributed by atoms with Crippen LogP contribution in [0.4, 0.5) is 5.69 Å². The quantitative estimate of drug-likeness (QED) is 0.569. The van der Waals surface area contributed by atoms with E-state index < -0.39 is 0 Å². The van der Waals surface area contributed by atoms with Crippen molar-refractivity contribution in [3.63, 3.8) is 0 Å². The van der Waals surface area contributed by atoms with Crippen LogP contribution in [0.1, 0.15) is 15.9 Å². The number of nitriles is 1. The fraction of sp³-hybridized carbons (Fsp3) is 0. The third-order valence-electron chi connectivity index (χ3n) is 2.06. The first-order valence-corrected chi connectivity index (χ1v) is 4.81. The Morgan fingerprint density at radius 2 is 2.36 bits per heavy atom. The van der Waals surface area contributed by atoms with Crippen LogP contribution >= 0.6 is 11.3 Å². The van der Waals surface area contributed by atoms with Gasteiger partial charge in [-0.1, -0.05) is 0 Å². The van der Waals surface area contributed by atoms with Crippen molar-refractivity contribution in [1.29, 1.82) is 5.26 Å². The van der Waals surface area contributed by atoms with E-state index >= 15 is 0 Å². The Balaban J connectivity index is 2.96. The number of thiophene rings is 1. The number of aldehydes is 1. The summed E-state index contributed by atoms with van der Waals surface area (Å²) >= 11 is 1.45. The van der Waals surface area contributed by atoms with Crippen LogP contribution in [-0.4, -0.2) is 6.29 Å². The predicted octanol–water partition coefficient (Wildman–Crippen LogP) is 2.17. The minimum Gasteiger partial charge on any atom is -0.397 e. The van der Waals surface area contributed by atoms with E-state index in [-0.39, 0.29) is 5.69 Å². The molecule has 0 bridgehead atoms. The summed E-state index contributed by atoms with van der Waals surface area (Å²) in [6.45, 7) is 0. The zero-order valence-electron chi connectivity index (χ0n) is 7.15. The Bertz CT molecular complexity index is 551. The van der Waals surface area contributed by atoms with E-state index in [4.69, 9.17) is 11.0 Å². The van der Waals surface area contributed by atoms with E-state index in [1.165, 1.54) is 11.3 Å². The van der Waals surface area contributed by atoms with Gasteiger partial charge < -0.3 is 5.73 Å². The molecule has 0 amide bonds. The maximum Gasteiger partial charge on any atom is 0.153 e. The standard InChI is InChI=1S/C10H6N2OS/c11-4-7-3-6-1-2-14-10(6)8(5-13)9(7)12/h1-3,5H,12H2. The van der Waals surface area contributed by atoms with Crippen LogP contribution in [-0.2, 0) is 0 Å².